The maximum absolute atomic E-state index is 13.1. The zero-order valence-electron chi connectivity index (χ0n) is 7.81. The standard InChI is InChI=1S/C7H12FN5O2/c8-5-2-11-7(13-9)12-6(5)10-1-4(15)3-14/h2,4,14-15H,1,3,9H2,(H2,10,11,12,13). The van der Waals surface area contributed by atoms with Crippen LogP contribution < -0.4 is 16.6 Å². The molecule has 7 nitrogen and oxygen atoms in total. The fraction of sp³-hybridized carbons (Fsp3) is 0.429. The van der Waals surface area contributed by atoms with Gasteiger partial charge >= 0.3 is 0 Å². The first-order valence-electron chi connectivity index (χ1n) is 4.19. The van der Waals surface area contributed by atoms with Gasteiger partial charge in [0.2, 0.25) is 5.95 Å². The van der Waals surface area contributed by atoms with E-state index in [1.807, 2.05) is 0 Å². The molecular weight excluding hydrogens is 205 g/mol. The van der Waals surface area contributed by atoms with Gasteiger partial charge in [-0.3, -0.25) is 5.43 Å². The molecule has 1 rings (SSSR count). The Morgan fingerprint density at radius 2 is 2.33 bits per heavy atom. The summed E-state index contributed by atoms with van der Waals surface area (Å²) in [5.74, 6) is 4.33. The molecular formula is C7H12FN5O2. The molecule has 0 aliphatic carbocycles. The number of aliphatic hydroxyl groups is 2. The minimum Gasteiger partial charge on any atom is -0.394 e. The monoisotopic (exact) mass is 217 g/mol. The van der Waals surface area contributed by atoms with Gasteiger partial charge < -0.3 is 15.5 Å². The quantitative estimate of drug-likeness (QED) is 0.306. The third kappa shape index (κ3) is 3.27. The van der Waals surface area contributed by atoms with Crippen molar-refractivity contribution in [1.29, 1.82) is 0 Å². The lowest BCUT2D eigenvalue weighted by atomic mass is 10.4. The zero-order valence-corrected chi connectivity index (χ0v) is 7.81. The average Bonchev–Trinajstić information content (AvgIpc) is 2.27. The molecule has 6 N–H and O–H groups in total. The first kappa shape index (κ1) is 11.6. The topological polar surface area (TPSA) is 116 Å². The summed E-state index contributed by atoms with van der Waals surface area (Å²) in [6.45, 7) is -0.434. The Balaban J connectivity index is 2.66. The van der Waals surface area contributed by atoms with Crippen LogP contribution in [0.15, 0.2) is 6.20 Å². The Morgan fingerprint density at radius 3 is 2.93 bits per heavy atom. The van der Waals surface area contributed by atoms with Crippen molar-refractivity contribution < 1.29 is 14.6 Å². The number of rotatable bonds is 5. The van der Waals surface area contributed by atoms with Crippen LogP contribution in [0.3, 0.4) is 0 Å². The summed E-state index contributed by atoms with van der Waals surface area (Å²) >= 11 is 0. The first-order valence-corrected chi connectivity index (χ1v) is 4.19. The van der Waals surface area contributed by atoms with Gasteiger partial charge in [-0.25, -0.2) is 15.2 Å². The van der Waals surface area contributed by atoms with Gasteiger partial charge in [0.1, 0.15) is 0 Å². The molecule has 0 saturated carbocycles. The van der Waals surface area contributed by atoms with Gasteiger partial charge in [0.05, 0.1) is 18.9 Å². The van der Waals surface area contributed by atoms with Gasteiger partial charge in [0.15, 0.2) is 11.6 Å². The molecule has 8 heteroatoms. The summed E-state index contributed by atoms with van der Waals surface area (Å²) in [6.07, 6.45) is -0.0378. The molecule has 1 atom stereocenters. The van der Waals surface area contributed by atoms with Crippen molar-refractivity contribution in [3.63, 3.8) is 0 Å². The lowest BCUT2D eigenvalue weighted by Gasteiger charge is -2.10. The summed E-state index contributed by atoms with van der Waals surface area (Å²) in [4.78, 5) is 7.20. The van der Waals surface area contributed by atoms with Gasteiger partial charge in [-0.1, -0.05) is 0 Å². The molecule has 0 aliphatic heterocycles. The van der Waals surface area contributed by atoms with E-state index in [9.17, 15) is 4.39 Å². The Hall–Kier alpha value is -1.51. The number of anilines is 2. The molecule has 0 bridgehead atoms. The SMILES string of the molecule is NNc1ncc(F)c(NCC(O)CO)n1. The second-order valence-corrected chi connectivity index (χ2v) is 2.75. The van der Waals surface area contributed by atoms with Gasteiger partial charge in [0.25, 0.3) is 0 Å². The summed E-state index contributed by atoms with van der Waals surface area (Å²) in [6, 6.07) is 0. The summed E-state index contributed by atoms with van der Waals surface area (Å²) in [5, 5.41) is 20.1. The van der Waals surface area contributed by atoms with Crippen molar-refractivity contribution in [2.24, 2.45) is 5.84 Å². The third-order valence-corrected chi connectivity index (χ3v) is 1.59. The summed E-state index contributed by atoms with van der Waals surface area (Å²) in [5.41, 5.74) is 2.16. The third-order valence-electron chi connectivity index (χ3n) is 1.59. The molecule has 0 amide bonds. The minimum atomic E-state index is -0.978. The maximum Gasteiger partial charge on any atom is 0.239 e. The van der Waals surface area contributed by atoms with Crippen molar-refractivity contribution in [3.8, 4) is 0 Å². The number of nitrogens with one attached hydrogen (secondary N) is 2. The van der Waals surface area contributed by atoms with E-state index in [-0.39, 0.29) is 18.3 Å². The van der Waals surface area contributed by atoms with Crippen LogP contribution in [-0.4, -0.2) is 39.4 Å². The Morgan fingerprint density at radius 1 is 1.60 bits per heavy atom. The van der Waals surface area contributed by atoms with Gasteiger partial charge in [0, 0.05) is 6.54 Å². The van der Waals surface area contributed by atoms with Gasteiger partial charge in [-0.05, 0) is 0 Å². The van der Waals surface area contributed by atoms with Crippen LogP contribution in [0.2, 0.25) is 0 Å². The van der Waals surface area contributed by atoms with E-state index in [1.165, 1.54) is 0 Å². The molecule has 0 aromatic carbocycles. The normalized spacial score (nSPS) is 12.3. The number of hydrogen-bond acceptors (Lipinski definition) is 7. The predicted octanol–water partition coefficient (Wildman–Crippen LogP) is -1.33. The van der Waals surface area contributed by atoms with Crippen LogP contribution in [0.4, 0.5) is 16.2 Å². The van der Waals surface area contributed by atoms with E-state index < -0.39 is 18.5 Å². The number of nitrogen functional groups attached to an aromatic ring is 1. The first-order chi connectivity index (χ1) is 7.17. The van der Waals surface area contributed by atoms with Crippen LogP contribution in [0.5, 0.6) is 0 Å². The van der Waals surface area contributed by atoms with Crippen molar-refractivity contribution in [2.45, 2.75) is 6.10 Å². The van der Waals surface area contributed by atoms with E-state index in [1.54, 1.807) is 0 Å². The molecule has 84 valence electrons. The van der Waals surface area contributed by atoms with E-state index in [0.717, 1.165) is 6.20 Å². The minimum absolute atomic E-state index is 0.0194. The van der Waals surface area contributed by atoms with E-state index >= 15 is 0 Å². The predicted molar refractivity (Wildman–Crippen MR) is 51.4 cm³/mol. The molecule has 0 radical (unpaired) electrons. The zero-order chi connectivity index (χ0) is 11.3. The van der Waals surface area contributed by atoms with Crippen molar-refractivity contribution in [1.82, 2.24) is 9.97 Å². The largest absolute Gasteiger partial charge is 0.394 e. The molecule has 15 heavy (non-hydrogen) atoms. The molecule has 0 saturated heterocycles. The van der Waals surface area contributed by atoms with Crippen LogP contribution in [0.25, 0.3) is 0 Å². The van der Waals surface area contributed by atoms with Gasteiger partial charge in [-0.15, -0.1) is 0 Å². The Kier molecular flexibility index (Phi) is 4.16. The van der Waals surface area contributed by atoms with E-state index in [4.69, 9.17) is 16.1 Å². The second kappa shape index (κ2) is 5.39. The molecule has 1 aromatic rings. The number of aliphatic hydroxyl groups excluding tert-OH is 2. The highest BCUT2D eigenvalue weighted by Gasteiger charge is 2.08. The Labute approximate surface area is 85.1 Å². The van der Waals surface area contributed by atoms with Crippen LogP contribution in [0.1, 0.15) is 0 Å². The molecule has 1 unspecified atom stereocenters. The maximum atomic E-state index is 13.1. The number of nitrogens with zero attached hydrogens (tertiary/aromatic N) is 2. The van der Waals surface area contributed by atoms with E-state index in [2.05, 4.69) is 20.7 Å². The van der Waals surface area contributed by atoms with Crippen molar-refractivity contribution in [2.75, 3.05) is 23.9 Å². The number of hydrogen-bond donors (Lipinski definition) is 5. The second-order valence-electron chi connectivity index (χ2n) is 2.75. The van der Waals surface area contributed by atoms with Crippen LogP contribution >= 0.6 is 0 Å². The Bertz CT molecular complexity index is 324. The number of halogens is 1. The molecule has 0 aliphatic rings. The molecule has 1 aromatic heterocycles. The van der Waals surface area contributed by atoms with Crippen LogP contribution in [0, 0.1) is 5.82 Å². The molecule has 1 heterocycles. The van der Waals surface area contributed by atoms with E-state index in [0.29, 0.717) is 0 Å². The van der Waals surface area contributed by atoms with Crippen molar-refractivity contribution in [3.05, 3.63) is 12.0 Å². The fourth-order valence-corrected chi connectivity index (χ4v) is 0.840. The van der Waals surface area contributed by atoms with Gasteiger partial charge in [-0.2, -0.15) is 4.98 Å². The summed E-state index contributed by atoms with van der Waals surface area (Å²) in [7, 11) is 0. The highest BCUT2D eigenvalue weighted by atomic mass is 19.1. The van der Waals surface area contributed by atoms with Crippen LogP contribution in [-0.2, 0) is 0 Å². The summed E-state index contributed by atoms with van der Waals surface area (Å²) < 4.78 is 13.1. The average molecular weight is 217 g/mol. The highest BCUT2D eigenvalue weighted by molar-refractivity contribution is 5.40. The lowest BCUT2D eigenvalue weighted by Crippen LogP contribution is -2.24. The highest BCUT2D eigenvalue weighted by Crippen LogP contribution is 2.10. The number of aromatic nitrogens is 2. The molecule has 0 spiro atoms. The van der Waals surface area contributed by atoms with Crippen molar-refractivity contribution >= 4 is 11.8 Å². The lowest BCUT2D eigenvalue weighted by molar-refractivity contribution is 0.105. The number of hydrazine groups is 1. The smallest absolute Gasteiger partial charge is 0.239 e. The fourth-order valence-electron chi connectivity index (χ4n) is 0.840. The number of nitrogens with two attached hydrogens (primary N) is 1. The molecule has 0 fully saturated rings.